The van der Waals surface area contributed by atoms with Gasteiger partial charge in [0.15, 0.2) is 0 Å². The molecule has 37 heavy (non-hydrogen) atoms. The van der Waals surface area contributed by atoms with Gasteiger partial charge in [0.05, 0.1) is 24.2 Å². The van der Waals surface area contributed by atoms with Crippen LogP contribution in [0.25, 0.3) is 0 Å². The first-order valence-electron chi connectivity index (χ1n) is 12.8. The zero-order chi connectivity index (χ0) is 27.5. The molecule has 0 spiro atoms. The first-order valence-corrected chi connectivity index (χ1v) is 16.0. The minimum absolute atomic E-state index is 0.000509. The second-order valence-corrected chi connectivity index (χ2v) is 15.0. The van der Waals surface area contributed by atoms with Crippen molar-refractivity contribution in [2.45, 2.75) is 95.6 Å². The van der Waals surface area contributed by atoms with E-state index in [0.29, 0.717) is 18.4 Å². The summed E-state index contributed by atoms with van der Waals surface area (Å²) in [5.41, 5.74) is 0.558. The maximum Gasteiger partial charge on any atom is 0.339 e. The minimum atomic E-state index is -0.878. The lowest BCUT2D eigenvalue weighted by atomic mass is 9.79. The molecule has 7 nitrogen and oxygen atoms in total. The molecule has 208 valence electrons. The van der Waals surface area contributed by atoms with E-state index in [1.165, 1.54) is 0 Å². The molecule has 1 saturated carbocycles. The zero-order valence-corrected chi connectivity index (χ0v) is 28.7. The number of esters is 2. The van der Waals surface area contributed by atoms with Crippen molar-refractivity contribution in [1.29, 1.82) is 0 Å². The van der Waals surface area contributed by atoms with Gasteiger partial charge in [-0.2, -0.15) is 0 Å². The third kappa shape index (κ3) is 8.61. The first-order chi connectivity index (χ1) is 17.2. The van der Waals surface area contributed by atoms with Gasteiger partial charge in [0, 0.05) is 21.8 Å². The summed E-state index contributed by atoms with van der Waals surface area (Å²) in [6.45, 7) is 8.86. The molecule has 3 rings (SSSR count). The summed E-state index contributed by atoms with van der Waals surface area (Å²) >= 11 is 6.57. The molecular weight excluding hydrogens is 815 g/mol. The van der Waals surface area contributed by atoms with Gasteiger partial charge in [-0.15, -0.1) is 0 Å². The van der Waals surface area contributed by atoms with E-state index in [-0.39, 0.29) is 54.4 Å². The molecule has 1 aromatic rings. The Morgan fingerprint density at radius 3 is 2.35 bits per heavy atom. The van der Waals surface area contributed by atoms with Crippen molar-refractivity contribution in [3.05, 3.63) is 28.4 Å². The second kappa shape index (κ2) is 13.3. The molecule has 0 bridgehead atoms. The van der Waals surface area contributed by atoms with Crippen LogP contribution in [0, 0.1) is 16.6 Å². The number of nitrogens with zero attached hydrogens (tertiary/aromatic N) is 1. The maximum absolute atomic E-state index is 12.8. The highest BCUT2D eigenvalue weighted by molar-refractivity contribution is 14.1. The number of ether oxygens (including phenoxy) is 3. The van der Waals surface area contributed by atoms with Crippen molar-refractivity contribution in [1.82, 2.24) is 4.90 Å². The van der Waals surface area contributed by atoms with E-state index in [0.717, 1.165) is 36.4 Å². The first kappa shape index (κ1) is 31.8. The Balaban J connectivity index is 1.45. The van der Waals surface area contributed by atoms with Crippen molar-refractivity contribution >= 4 is 79.7 Å². The van der Waals surface area contributed by atoms with Crippen LogP contribution in [0.4, 0.5) is 0 Å². The number of likely N-dealkylation sites (tertiary alicyclic amines) is 1. The molecule has 0 aromatic heterocycles. The highest BCUT2D eigenvalue weighted by Crippen LogP contribution is 2.38. The molecule has 1 heterocycles. The predicted octanol–water partition coefficient (Wildman–Crippen LogP) is 5.79. The monoisotopic (exact) mass is 853 g/mol. The Labute approximate surface area is 261 Å². The maximum atomic E-state index is 12.8. The van der Waals surface area contributed by atoms with Gasteiger partial charge in [-0.25, -0.2) is 4.79 Å². The molecule has 1 N–H and O–H groups in total. The van der Waals surface area contributed by atoms with E-state index in [9.17, 15) is 14.7 Å². The summed E-state index contributed by atoms with van der Waals surface area (Å²) in [5.74, 6) is -1.04. The van der Waals surface area contributed by atoms with Gasteiger partial charge in [-0.1, -0.05) is 0 Å². The van der Waals surface area contributed by atoms with Crippen molar-refractivity contribution < 1.29 is 28.9 Å². The number of aliphatic hydroxyl groups excluding tert-OH is 1. The van der Waals surface area contributed by atoms with Crippen LogP contribution >= 0.6 is 67.8 Å². The molecule has 0 radical (unpaired) electrons. The highest BCUT2D eigenvalue weighted by atomic mass is 127. The van der Waals surface area contributed by atoms with Crippen LogP contribution in [0.2, 0.25) is 0 Å². The molecule has 0 amide bonds. The fraction of sp³-hybridized carbons (Fsp3) is 0.704. The standard InChI is InChI=1S/C27H38I3NO6/c1-26(2)12-20(13-27(3,4)31(26)5)35-14-18(32)15-36-24(33)16-7-6-8-19(9-16)37-25(34)21-10-17(28)11-22(29)23(21)30/h10-11,16,18-20,32H,6-9,12-15H2,1-5H3. The molecule has 3 atom stereocenters. The molecule has 1 aliphatic carbocycles. The second-order valence-electron chi connectivity index (χ2n) is 11.5. The molecule has 2 aliphatic rings. The highest BCUT2D eigenvalue weighted by Gasteiger charge is 2.43. The predicted molar refractivity (Wildman–Crippen MR) is 168 cm³/mol. The molecule has 1 aromatic carbocycles. The van der Waals surface area contributed by atoms with Gasteiger partial charge in [-0.05, 0) is 153 Å². The summed E-state index contributed by atoms with van der Waals surface area (Å²) in [7, 11) is 2.14. The molecule has 2 fully saturated rings. The fourth-order valence-corrected chi connectivity index (χ4v) is 7.75. The minimum Gasteiger partial charge on any atom is -0.463 e. The van der Waals surface area contributed by atoms with Crippen molar-refractivity contribution in [2.24, 2.45) is 5.92 Å². The largest absolute Gasteiger partial charge is 0.463 e. The van der Waals surface area contributed by atoms with Crippen LogP contribution in [0.1, 0.15) is 76.6 Å². The van der Waals surface area contributed by atoms with Crippen molar-refractivity contribution in [3.63, 3.8) is 0 Å². The smallest absolute Gasteiger partial charge is 0.339 e. The number of benzene rings is 1. The van der Waals surface area contributed by atoms with Gasteiger partial charge >= 0.3 is 11.9 Å². The number of aliphatic hydroxyl groups is 1. The van der Waals surface area contributed by atoms with Gasteiger partial charge < -0.3 is 19.3 Å². The number of piperidine rings is 1. The molecular formula is C27H38I3NO6. The van der Waals surface area contributed by atoms with Gasteiger partial charge in [-0.3, -0.25) is 9.69 Å². The molecule has 1 saturated heterocycles. The lowest BCUT2D eigenvalue weighted by Crippen LogP contribution is -2.60. The zero-order valence-electron chi connectivity index (χ0n) is 22.2. The number of hydrogen-bond donors (Lipinski definition) is 1. The fourth-order valence-electron chi connectivity index (χ4n) is 5.37. The normalized spacial score (nSPS) is 24.9. The molecule has 1 aliphatic heterocycles. The van der Waals surface area contributed by atoms with E-state index in [1.54, 1.807) is 0 Å². The van der Waals surface area contributed by atoms with Crippen LogP contribution < -0.4 is 0 Å². The van der Waals surface area contributed by atoms with Crippen molar-refractivity contribution in [3.8, 4) is 0 Å². The Hall–Kier alpha value is 0.230. The third-order valence-electron chi connectivity index (χ3n) is 7.66. The Morgan fingerprint density at radius 1 is 1.05 bits per heavy atom. The average molecular weight is 853 g/mol. The Morgan fingerprint density at radius 2 is 1.70 bits per heavy atom. The number of carbonyl (C=O) groups excluding carboxylic acids is 2. The van der Waals surface area contributed by atoms with Crippen LogP contribution in [0.15, 0.2) is 12.1 Å². The summed E-state index contributed by atoms with van der Waals surface area (Å²) in [6.07, 6.45) is 3.24. The SMILES string of the molecule is CN1C(C)(C)CC(OCC(O)COC(=O)C2CCCC(OC(=O)c3cc(I)cc(I)c3I)C2)CC1(C)C. The number of halogens is 3. The van der Waals surface area contributed by atoms with Crippen LogP contribution in [-0.4, -0.2) is 71.6 Å². The van der Waals surface area contributed by atoms with E-state index < -0.39 is 6.10 Å². The van der Waals surface area contributed by atoms with E-state index >= 15 is 0 Å². The van der Waals surface area contributed by atoms with Gasteiger partial charge in [0.1, 0.15) is 18.8 Å². The Bertz CT molecular complexity index is 967. The quantitative estimate of drug-likeness (QED) is 0.202. The van der Waals surface area contributed by atoms with Crippen LogP contribution in [0.3, 0.4) is 0 Å². The van der Waals surface area contributed by atoms with Crippen molar-refractivity contribution in [2.75, 3.05) is 20.3 Å². The van der Waals surface area contributed by atoms with E-state index in [4.69, 9.17) is 14.2 Å². The van der Waals surface area contributed by atoms with Gasteiger partial charge in [0.2, 0.25) is 0 Å². The average Bonchev–Trinajstić information content (AvgIpc) is 2.81. The number of carbonyl (C=O) groups is 2. The number of rotatable bonds is 8. The molecule has 10 heteroatoms. The van der Waals surface area contributed by atoms with E-state index in [2.05, 4.69) is 107 Å². The lowest BCUT2D eigenvalue weighted by Gasteiger charge is -2.53. The van der Waals surface area contributed by atoms with Gasteiger partial charge in [0.25, 0.3) is 0 Å². The Kier molecular flexibility index (Phi) is 11.4. The summed E-state index contributed by atoms with van der Waals surface area (Å²) in [4.78, 5) is 28.0. The topological polar surface area (TPSA) is 85.3 Å². The summed E-state index contributed by atoms with van der Waals surface area (Å²) in [5, 5.41) is 10.4. The summed E-state index contributed by atoms with van der Waals surface area (Å²) in [6, 6.07) is 3.85. The number of hydrogen-bond acceptors (Lipinski definition) is 7. The summed E-state index contributed by atoms with van der Waals surface area (Å²) < 4.78 is 20.1. The van der Waals surface area contributed by atoms with E-state index in [1.807, 2.05) is 12.1 Å². The van der Waals surface area contributed by atoms with Crippen LogP contribution in [-0.2, 0) is 19.0 Å². The van der Waals surface area contributed by atoms with Crippen LogP contribution in [0.5, 0.6) is 0 Å². The third-order valence-corrected chi connectivity index (χ3v) is 11.3. The lowest BCUT2D eigenvalue weighted by molar-refractivity contribution is -0.157. The molecule has 3 unspecified atom stereocenters.